The quantitative estimate of drug-likeness (QED) is 0.482. The molecule has 0 spiro atoms. The van der Waals surface area contributed by atoms with Crippen LogP contribution in [0.15, 0.2) is 24.3 Å². The first-order valence-corrected chi connectivity index (χ1v) is 12.4. The lowest BCUT2D eigenvalue weighted by Gasteiger charge is -2.63. The number of rotatable bonds is 6. The van der Waals surface area contributed by atoms with Crippen LogP contribution in [-0.2, 0) is 16.2 Å². The van der Waals surface area contributed by atoms with Gasteiger partial charge in [-0.3, -0.25) is 9.63 Å². The van der Waals surface area contributed by atoms with Crippen molar-refractivity contribution in [2.45, 2.75) is 77.3 Å². The van der Waals surface area contributed by atoms with Crippen LogP contribution in [-0.4, -0.2) is 51.6 Å². The highest BCUT2D eigenvalue weighted by molar-refractivity contribution is 14.1. The maximum Gasteiger partial charge on any atom is 0.240 e. The van der Waals surface area contributed by atoms with E-state index in [2.05, 4.69) is 54.7 Å². The average molecular weight is 542 g/mol. The third kappa shape index (κ3) is 4.28. The van der Waals surface area contributed by atoms with E-state index in [-0.39, 0.29) is 18.1 Å². The Morgan fingerprint density at radius 2 is 2.06 bits per heavy atom. The second kappa shape index (κ2) is 8.56. The largest absolute Gasteiger partial charge is 0.394 e. The molecule has 4 aliphatic rings. The second-order valence-corrected chi connectivity index (χ2v) is 11.9. The first kappa shape index (κ1) is 23.4. The minimum atomic E-state index is -0.775. The first-order chi connectivity index (χ1) is 14.6. The molecule has 5 rings (SSSR count). The molecular weight excluding hydrogens is 507 g/mol. The minimum Gasteiger partial charge on any atom is -0.394 e. The molecule has 1 aliphatic heterocycles. The summed E-state index contributed by atoms with van der Waals surface area (Å²) in [6.07, 6.45) is 1.75. The van der Waals surface area contributed by atoms with Gasteiger partial charge in [-0.15, -0.1) is 0 Å². The summed E-state index contributed by atoms with van der Waals surface area (Å²) in [5.41, 5.74) is 1.19. The molecule has 31 heavy (non-hydrogen) atoms. The zero-order valence-electron chi connectivity index (χ0n) is 18.8. The second-order valence-electron chi connectivity index (χ2n) is 10.6. The topological polar surface area (TPSA) is 82.0 Å². The number of aliphatic hydroxyl groups excluding tert-OH is 2. The predicted molar refractivity (Wildman–Crippen MR) is 127 cm³/mol. The lowest BCUT2D eigenvalue weighted by atomic mass is 9.46. The number of fused-ring (bicyclic) bond motifs is 2. The molecule has 1 aromatic carbocycles. The summed E-state index contributed by atoms with van der Waals surface area (Å²) in [6, 6.07) is 7.42. The molecule has 1 saturated heterocycles. The maximum atomic E-state index is 13.7. The van der Waals surface area contributed by atoms with Gasteiger partial charge in [-0.2, -0.15) is 5.06 Å². The Labute approximate surface area is 198 Å². The number of benzene rings is 1. The van der Waals surface area contributed by atoms with Gasteiger partial charge in [-0.05, 0) is 83.7 Å². The number of hydrogen-bond donors (Lipinski definition) is 3. The third-order valence-electron chi connectivity index (χ3n) is 8.08. The van der Waals surface area contributed by atoms with E-state index < -0.39 is 24.2 Å². The van der Waals surface area contributed by atoms with Crippen LogP contribution in [0, 0.1) is 26.7 Å². The van der Waals surface area contributed by atoms with E-state index in [9.17, 15) is 15.0 Å². The highest BCUT2D eigenvalue weighted by Gasteiger charge is 2.60. The van der Waals surface area contributed by atoms with Crippen LogP contribution in [0.5, 0.6) is 0 Å². The van der Waals surface area contributed by atoms with E-state index >= 15 is 0 Å². The van der Waals surface area contributed by atoms with Gasteiger partial charge in [0, 0.05) is 15.0 Å². The molecule has 3 N–H and O–H groups in total. The van der Waals surface area contributed by atoms with Crippen LogP contribution in [0.25, 0.3) is 0 Å². The maximum absolute atomic E-state index is 13.7. The van der Waals surface area contributed by atoms with Crippen molar-refractivity contribution in [3.05, 3.63) is 33.4 Å². The van der Waals surface area contributed by atoms with E-state index in [1.165, 1.54) is 0 Å². The molecule has 3 saturated carbocycles. The summed E-state index contributed by atoms with van der Waals surface area (Å²) in [5, 5.41) is 25.5. The van der Waals surface area contributed by atoms with Crippen LogP contribution < -0.4 is 5.32 Å². The number of nitrogens with one attached hydrogen (secondary N) is 1. The van der Waals surface area contributed by atoms with E-state index in [1.807, 2.05) is 18.2 Å². The van der Waals surface area contributed by atoms with Crippen molar-refractivity contribution in [1.82, 2.24) is 10.4 Å². The summed E-state index contributed by atoms with van der Waals surface area (Å²) in [6.45, 7) is 8.78. The van der Waals surface area contributed by atoms with Crippen molar-refractivity contribution in [2.24, 2.45) is 23.2 Å². The Hall–Kier alpha value is -0.740. The number of hydroxylamine groups is 2. The van der Waals surface area contributed by atoms with E-state index in [1.54, 1.807) is 12.0 Å². The number of carbonyl (C=O) groups excluding carboxylic acids is 1. The van der Waals surface area contributed by atoms with E-state index in [0.717, 1.165) is 28.4 Å². The van der Waals surface area contributed by atoms with Gasteiger partial charge in [0.25, 0.3) is 0 Å². The summed E-state index contributed by atoms with van der Waals surface area (Å²) in [5.74, 6) is 0.457. The Morgan fingerprint density at radius 1 is 1.35 bits per heavy atom. The molecule has 7 heteroatoms. The number of nitrogens with zero attached hydrogens (tertiary/aromatic N) is 1. The smallest absolute Gasteiger partial charge is 0.240 e. The highest BCUT2D eigenvalue weighted by Crippen LogP contribution is 2.60. The molecule has 172 valence electrons. The molecule has 0 aromatic heterocycles. The molecule has 0 radical (unpaired) electrons. The van der Waals surface area contributed by atoms with Crippen molar-refractivity contribution in [3.8, 4) is 0 Å². The van der Waals surface area contributed by atoms with Crippen LogP contribution >= 0.6 is 22.6 Å². The molecule has 1 aromatic rings. The Bertz CT molecular complexity index is 824. The summed E-state index contributed by atoms with van der Waals surface area (Å²) < 4.78 is 1.11. The fourth-order valence-corrected chi connectivity index (χ4v) is 6.77. The summed E-state index contributed by atoms with van der Waals surface area (Å²) in [4.78, 5) is 19.7. The zero-order chi connectivity index (χ0) is 22.6. The van der Waals surface area contributed by atoms with E-state index in [4.69, 9.17) is 4.84 Å². The van der Waals surface area contributed by atoms with Gasteiger partial charge in [0.05, 0.1) is 19.3 Å². The van der Waals surface area contributed by atoms with Gasteiger partial charge in [0.2, 0.25) is 5.91 Å². The average Bonchev–Trinajstić information content (AvgIpc) is 3.01. The van der Waals surface area contributed by atoms with Crippen molar-refractivity contribution in [1.29, 1.82) is 0 Å². The predicted octanol–water partition coefficient (Wildman–Crippen LogP) is 3.10. The number of amides is 1. The fraction of sp³-hybridized carbons (Fsp3) is 0.708. The standard InChI is InChI=1S/C24H35IN2O4/c1-14-9-23(3,4)17-10-24(14,11-17)26-22(30)21-20(15(2)29)19(13-28)31-27(21)12-16-6-5-7-18(25)8-16/h5-8,14-15,17,19-21,28-29H,9-13H2,1-4H3,(H,26,30)/t14?,15-,17?,19?,20+,21-,24?/m0/s1. The van der Waals surface area contributed by atoms with Crippen molar-refractivity contribution in [2.75, 3.05) is 6.61 Å². The van der Waals surface area contributed by atoms with Gasteiger partial charge in [0.15, 0.2) is 0 Å². The van der Waals surface area contributed by atoms with Crippen molar-refractivity contribution < 1.29 is 19.8 Å². The molecule has 2 bridgehead atoms. The molecular formula is C24H35IN2O4. The van der Waals surface area contributed by atoms with Gasteiger partial charge >= 0.3 is 0 Å². The van der Waals surface area contributed by atoms with Gasteiger partial charge in [-0.1, -0.05) is 32.9 Å². The van der Waals surface area contributed by atoms with Crippen molar-refractivity contribution in [3.63, 3.8) is 0 Å². The lowest BCUT2D eigenvalue weighted by Crippen LogP contribution is -2.69. The third-order valence-corrected chi connectivity index (χ3v) is 8.75. The van der Waals surface area contributed by atoms with Gasteiger partial charge < -0.3 is 15.5 Å². The van der Waals surface area contributed by atoms with Crippen LogP contribution in [0.3, 0.4) is 0 Å². The Kier molecular flexibility index (Phi) is 6.46. The van der Waals surface area contributed by atoms with Crippen LogP contribution in [0.1, 0.15) is 52.5 Å². The zero-order valence-corrected chi connectivity index (χ0v) is 21.0. The van der Waals surface area contributed by atoms with Crippen LogP contribution in [0.4, 0.5) is 0 Å². The minimum absolute atomic E-state index is 0.0996. The monoisotopic (exact) mass is 542 g/mol. The highest BCUT2D eigenvalue weighted by atomic mass is 127. The van der Waals surface area contributed by atoms with Crippen LogP contribution in [0.2, 0.25) is 0 Å². The Balaban J connectivity index is 1.56. The normalized spacial score (nSPS) is 37.8. The molecule has 1 heterocycles. The molecule has 5 atom stereocenters. The number of aliphatic hydroxyl groups is 2. The molecule has 2 unspecified atom stereocenters. The molecule has 6 nitrogen and oxygen atoms in total. The van der Waals surface area contributed by atoms with E-state index in [0.29, 0.717) is 23.8 Å². The summed E-state index contributed by atoms with van der Waals surface area (Å²) in [7, 11) is 0. The SMILES string of the molecule is CC1CC(C)(C)C2CC1(NC(=O)[C@@H]1[C@H]([C@H](C)O)C(CO)ON1Cc1cccc(I)c1)C2. The fourth-order valence-electron chi connectivity index (χ4n) is 6.16. The number of hydrogen-bond acceptors (Lipinski definition) is 5. The van der Waals surface area contributed by atoms with Gasteiger partial charge in [-0.25, -0.2) is 0 Å². The molecule has 3 aliphatic carbocycles. The van der Waals surface area contributed by atoms with Crippen molar-refractivity contribution >= 4 is 28.5 Å². The number of halogens is 1. The summed E-state index contributed by atoms with van der Waals surface area (Å²) >= 11 is 2.27. The molecule has 4 fully saturated rings. The van der Waals surface area contributed by atoms with Gasteiger partial charge in [0.1, 0.15) is 12.1 Å². The Morgan fingerprint density at radius 3 is 2.65 bits per heavy atom. The first-order valence-electron chi connectivity index (χ1n) is 11.3. The lowest BCUT2D eigenvalue weighted by molar-refractivity contribution is -0.184. The molecule has 1 amide bonds. The number of carbonyl (C=O) groups is 1.